The first-order chi connectivity index (χ1) is 14.3. The second-order valence-corrected chi connectivity index (χ2v) is 8.91. The molecule has 0 unspecified atom stereocenters. The molecule has 30 heavy (non-hydrogen) atoms. The third-order valence-corrected chi connectivity index (χ3v) is 6.66. The molecule has 0 saturated heterocycles. The van der Waals surface area contributed by atoms with Crippen molar-refractivity contribution in [3.8, 4) is 0 Å². The van der Waals surface area contributed by atoms with Crippen molar-refractivity contribution in [1.82, 2.24) is 5.32 Å². The minimum atomic E-state index is -3.36. The third kappa shape index (κ3) is 4.35. The summed E-state index contributed by atoms with van der Waals surface area (Å²) in [7, 11) is -1.87. The number of rotatable bonds is 7. The van der Waals surface area contributed by atoms with Gasteiger partial charge in [0.2, 0.25) is 10.0 Å². The molecule has 0 saturated carbocycles. The zero-order valence-electron chi connectivity index (χ0n) is 16.7. The molecule has 0 aromatic heterocycles. The zero-order valence-corrected chi connectivity index (χ0v) is 17.5. The second kappa shape index (κ2) is 8.66. The molecule has 1 N–H and O–H groups in total. The van der Waals surface area contributed by atoms with Crippen molar-refractivity contribution >= 4 is 33.4 Å². The highest BCUT2D eigenvalue weighted by atomic mass is 32.2. The number of hydrogen-bond donors (Lipinski definition) is 1. The highest BCUT2D eigenvalue weighted by Crippen LogP contribution is 2.31. The van der Waals surface area contributed by atoms with Gasteiger partial charge in [0.1, 0.15) is 0 Å². The van der Waals surface area contributed by atoms with Gasteiger partial charge in [0.15, 0.2) is 12.4 Å². The van der Waals surface area contributed by atoms with Crippen molar-refractivity contribution in [2.45, 2.75) is 13.3 Å². The minimum Gasteiger partial charge on any atom is -0.454 e. The first kappa shape index (κ1) is 21.5. The fourth-order valence-electron chi connectivity index (χ4n) is 3.22. The van der Waals surface area contributed by atoms with Crippen molar-refractivity contribution in [3.05, 3.63) is 64.7 Å². The molecule has 0 bridgehead atoms. The van der Waals surface area contributed by atoms with Crippen LogP contribution in [0.5, 0.6) is 0 Å². The summed E-state index contributed by atoms with van der Waals surface area (Å²) in [5.74, 6) is -1.44. The highest BCUT2D eigenvalue weighted by Gasteiger charge is 2.28. The molecule has 1 amide bonds. The van der Waals surface area contributed by atoms with E-state index in [9.17, 15) is 22.8 Å². The van der Waals surface area contributed by atoms with Crippen LogP contribution in [0.15, 0.2) is 42.5 Å². The first-order valence-electron chi connectivity index (χ1n) is 9.42. The number of Topliss-reactive ketones (excluding diaryl/α,β-unsaturated/α-hetero) is 1. The summed E-state index contributed by atoms with van der Waals surface area (Å²) >= 11 is 0. The van der Waals surface area contributed by atoms with Crippen LogP contribution in [0.2, 0.25) is 0 Å². The topological polar surface area (TPSA) is 110 Å². The maximum atomic E-state index is 12.5. The maximum Gasteiger partial charge on any atom is 0.338 e. The lowest BCUT2D eigenvalue weighted by Gasteiger charge is -2.18. The Morgan fingerprint density at radius 2 is 1.80 bits per heavy atom. The molecule has 1 aliphatic rings. The van der Waals surface area contributed by atoms with Crippen molar-refractivity contribution in [3.63, 3.8) is 0 Å². The zero-order chi connectivity index (χ0) is 21.9. The van der Waals surface area contributed by atoms with Crippen LogP contribution in [-0.4, -0.2) is 52.0 Å². The van der Waals surface area contributed by atoms with Crippen molar-refractivity contribution in [2.75, 3.05) is 30.3 Å². The van der Waals surface area contributed by atoms with E-state index in [2.05, 4.69) is 5.32 Å². The number of amides is 1. The Hall–Kier alpha value is -3.20. The molecule has 3 rings (SSSR count). The molecule has 0 atom stereocenters. The van der Waals surface area contributed by atoms with E-state index < -0.39 is 28.4 Å². The van der Waals surface area contributed by atoms with Crippen LogP contribution in [0.1, 0.15) is 43.6 Å². The van der Waals surface area contributed by atoms with E-state index in [1.165, 1.54) is 29.6 Å². The number of ketones is 1. The van der Waals surface area contributed by atoms with E-state index >= 15 is 0 Å². The van der Waals surface area contributed by atoms with Crippen LogP contribution in [0.4, 0.5) is 5.69 Å². The van der Waals surface area contributed by atoms with Gasteiger partial charge in [-0.15, -0.1) is 0 Å². The van der Waals surface area contributed by atoms with Gasteiger partial charge < -0.3 is 10.1 Å². The van der Waals surface area contributed by atoms with Gasteiger partial charge in [0, 0.05) is 24.7 Å². The average Bonchev–Trinajstić information content (AvgIpc) is 3.20. The lowest BCUT2D eigenvalue weighted by Crippen LogP contribution is -2.30. The molecular formula is C21H22N2O6S. The largest absolute Gasteiger partial charge is 0.454 e. The number of sulfonamides is 1. The van der Waals surface area contributed by atoms with Crippen molar-refractivity contribution < 1.29 is 27.5 Å². The normalized spacial score (nSPS) is 12.9. The van der Waals surface area contributed by atoms with Gasteiger partial charge in [-0.05, 0) is 55.3 Å². The molecule has 1 heterocycles. The summed E-state index contributed by atoms with van der Waals surface area (Å²) in [6.07, 6.45) is 0.516. The molecule has 0 spiro atoms. The van der Waals surface area contributed by atoms with Gasteiger partial charge in [-0.3, -0.25) is 13.9 Å². The van der Waals surface area contributed by atoms with E-state index in [1.54, 1.807) is 31.2 Å². The van der Waals surface area contributed by atoms with E-state index in [0.717, 1.165) is 5.56 Å². The van der Waals surface area contributed by atoms with Crippen LogP contribution in [0, 0.1) is 0 Å². The number of hydrogen-bond acceptors (Lipinski definition) is 6. The van der Waals surface area contributed by atoms with Crippen molar-refractivity contribution in [2.24, 2.45) is 0 Å². The Kier molecular flexibility index (Phi) is 6.21. The van der Waals surface area contributed by atoms with Crippen LogP contribution >= 0.6 is 0 Å². The van der Waals surface area contributed by atoms with Crippen molar-refractivity contribution in [1.29, 1.82) is 0 Å². The third-order valence-electron chi connectivity index (χ3n) is 4.88. The van der Waals surface area contributed by atoms with Crippen LogP contribution in [-0.2, 0) is 21.2 Å². The molecule has 0 radical (unpaired) electrons. The number of benzene rings is 2. The number of nitrogens with zero attached hydrogens (tertiary/aromatic N) is 1. The Bertz CT molecular complexity index is 1110. The quantitative estimate of drug-likeness (QED) is 0.530. The monoisotopic (exact) mass is 430 g/mol. The average molecular weight is 430 g/mol. The number of ether oxygens (including phenoxy) is 1. The van der Waals surface area contributed by atoms with Gasteiger partial charge >= 0.3 is 5.97 Å². The molecule has 8 nitrogen and oxygen atoms in total. The summed E-state index contributed by atoms with van der Waals surface area (Å²) < 4.78 is 30.8. The van der Waals surface area contributed by atoms with Crippen LogP contribution < -0.4 is 9.62 Å². The van der Waals surface area contributed by atoms with E-state index in [1.807, 2.05) is 0 Å². The van der Waals surface area contributed by atoms with Gasteiger partial charge in [0.05, 0.1) is 17.0 Å². The number of anilines is 1. The number of carbonyl (C=O) groups is 3. The summed E-state index contributed by atoms with van der Waals surface area (Å²) in [5.41, 5.74) is 2.16. The van der Waals surface area contributed by atoms with Crippen LogP contribution in [0.25, 0.3) is 0 Å². The predicted molar refractivity (Wildman–Crippen MR) is 111 cm³/mol. The van der Waals surface area contributed by atoms with Gasteiger partial charge in [-0.2, -0.15) is 0 Å². The summed E-state index contributed by atoms with van der Waals surface area (Å²) in [4.78, 5) is 36.4. The molecule has 0 aliphatic carbocycles. The Morgan fingerprint density at radius 3 is 2.50 bits per heavy atom. The van der Waals surface area contributed by atoms with Gasteiger partial charge in [-0.1, -0.05) is 6.07 Å². The molecule has 9 heteroatoms. The molecule has 2 aromatic rings. The fourth-order valence-corrected chi connectivity index (χ4v) is 4.38. The minimum absolute atomic E-state index is 0.00416. The summed E-state index contributed by atoms with van der Waals surface area (Å²) in [6.45, 7) is 1.47. The number of esters is 1. The Balaban J connectivity index is 1.68. The van der Waals surface area contributed by atoms with Gasteiger partial charge in [-0.25, -0.2) is 13.2 Å². The highest BCUT2D eigenvalue weighted by molar-refractivity contribution is 7.92. The SMILES string of the molecule is CCS(=O)(=O)N1CCc2cc(C(=O)COC(=O)c3cccc(C(=O)NC)c3)ccc21. The smallest absolute Gasteiger partial charge is 0.338 e. The number of nitrogens with one attached hydrogen (secondary N) is 1. The standard InChI is InChI=1S/C21H22N2O6S/c1-3-30(27,28)23-10-9-14-11-15(7-8-18(14)23)19(24)13-29-21(26)17-6-4-5-16(12-17)20(25)22-2/h4-8,11-12H,3,9-10,13H2,1-2H3,(H,22,25). The van der Waals surface area contributed by atoms with E-state index in [4.69, 9.17) is 4.74 Å². The summed E-state index contributed by atoms with van der Waals surface area (Å²) in [5, 5.41) is 2.47. The maximum absolute atomic E-state index is 12.5. The van der Waals surface area contributed by atoms with Crippen LogP contribution in [0.3, 0.4) is 0 Å². The number of carbonyl (C=O) groups excluding carboxylic acids is 3. The summed E-state index contributed by atoms with van der Waals surface area (Å²) in [6, 6.07) is 10.8. The van der Waals surface area contributed by atoms with E-state index in [-0.39, 0.29) is 17.2 Å². The molecule has 2 aromatic carbocycles. The number of fused-ring (bicyclic) bond motifs is 1. The second-order valence-electron chi connectivity index (χ2n) is 6.73. The van der Waals surface area contributed by atoms with Gasteiger partial charge in [0.25, 0.3) is 5.91 Å². The van der Waals surface area contributed by atoms with E-state index in [0.29, 0.717) is 29.8 Å². The predicted octanol–water partition coefficient (Wildman–Crippen LogP) is 1.80. The lowest BCUT2D eigenvalue weighted by molar-refractivity contribution is 0.0474. The molecular weight excluding hydrogens is 408 g/mol. The lowest BCUT2D eigenvalue weighted by atomic mass is 10.1. The Labute approximate surface area is 174 Å². The fraction of sp³-hybridized carbons (Fsp3) is 0.286. The molecule has 0 fully saturated rings. The molecule has 1 aliphatic heterocycles. The Morgan fingerprint density at radius 1 is 1.07 bits per heavy atom. The molecule has 158 valence electrons. The first-order valence-corrected chi connectivity index (χ1v) is 11.0.